The largest absolute Gasteiger partial charge is 0.454 e. The van der Waals surface area contributed by atoms with Crippen LogP contribution < -0.4 is 14.4 Å². The molecule has 0 unspecified atom stereocenters. The average Bonchev–Trinajstić information content (AvgIpc) is 3.16. The summed E-state index contributed by atoms with van der Waals surface area (Å²) in [5.74, 6) is 1.92. The predicted molar refractivity (Wildman–Crippen MR) is 105 cm³/mol. The topological polar surface area (TPSA) is 48.5 Å². The van der Waals surface area contributed by atoms with Gasteiger partial charge in [0.05, 0.1) is 6.54 Å². The molecule has 1 amide bonds. The van der Waals surface area contributed by atoms with Crippen LogP contribution in [0.15, 0.2) is 18.2 Å². The number of benzene rings is 1. The van der Waals surface area contributed by atoms with Crippen molar-refractivity contribution in [1.29, 1.82) is 0 Å². The summed E-state index contributed by atoms with van der Waals surface area (Å²) in [7, 11) is 0. The number of amides is 1. The van der Waals surface area contributed by atoms with Crippen LogP contribution in [0.5, 0.6) is 11.5 Å². The van der Waals surface area contributed by atoms with E-state index in [9.17, 15) is 4.79 Å². The quantitative estimate of drug-likeness (QED) is 0.786. The van der Waals surface area contributed by atoms with E-state index < -0.39 is 0 Å². The van der Waals surface area contributed by atoms with E-state index >= 15 is 0 Å². The van der Waals surface area contributed by atoms with Crippen LogP contribution in [-0.4, -0.2) is 92.3 Å². The summed E-state index contributed by atoms with van der Waals surface area (Å²) < 4.78 is 10.9. The molecule has 7 heteroatoms. The highest BCUT2D eigenvalue weighted by molar-refractivity contribution is 5.78. The zero-order valence-electron chi connectivity index (χ0n) is 16.4. The Morgan fingerprint density at radius 3 is 2.37 bits per heavy atom. The molecule has 0 N–H and O–H groups in total. The van der Waals surface area contributed by atoms with Gasteiger partial charge in [0.25, 0.3) is 0 Å². The highest BCUT2D eigenvalue weighted by atomic mass is 16.7. The minimum Gasteiger partial charge on any atom is -0.454 e. The SMILES string of the molecule is CC(C)N1CCN(C(=O)CN2CCN(c3ccc4c(c3)OCO4)CC2)CC1. The molecule has 2 fully saturated rings. The van der Waals surface area contributed by atoms with Gasteiger partial charge in [0.1, 0.15) is 0 Å². The molecule has 148 valence electrons. The van der Waals surface area contributed by atoms with Crippen LogP contribution in [0, 0.1) is 0 Å². The number of ether oxygens (including phenoxy) is 2. The molecule has 3 aliphatic heterocycles. The lowest BCUT2D eigenvalue weighted by Gasteiger charge is -2.39. The van der Waals surface area contributed by atoms with Gasteiger partial charge in [-0.2, -0.15) is 0 Å². The summed E-state index contributed by atoms with van der Waals surface area (Å²) in [4.78, 5) is 21.7. The fourth-order valence-electron chi connectivity index (χ4n) is 4.03. The Labute approximate surface area is 161 Å². The van der Waals surface area contributed by atoms with E-state index in [1.807, 2.05) is 11.0 Å². The predicted octanol–water partition coefficient (Wildman–Crippen LogP) is 1.09. The van der Waals surface area contributed by atoms with Crippen molar-refractivity contribution in [2.45, 2.75) is 19.9 Å². The van der Waals surface area contributed by atoms with Gasteiger partial charge in [0.2, 0.25) is 12.7 Å². The first-order valence-electron chi connectivity index (χ1n) is 9.99. The summed E-state index contributed by atoms with van der Waals surface area (Å²) >= 11 is 0. The Balaban J connectivity index is 1.24. The fourth-order valence-corrected chi connectivity index (χ4v) is 4.03. The molecule has 0 radical (unpaired) electrons. The van der Waals surface area contributed by atoms with Crippen molar-refractivity contribution in [3.05, 3.63) is 18.2 Å². The van der Waals surface area contributed by atoms with Crippen LogP contribution in [0.4, 0.5) is 5.69 Å². The second-order valence-electron chi connectivity index (χ2n) is 7.81. The van der Waals surface area contributed by atoms with Crippen molar-refractivity contribution < 1.29 is 14.3 Å². The maximum Gasteiger partial charge on any atom is 0.236 e. The van der Waals surface area contributed by atoms with E-state index in [-0.39, 0.29) is 5.91 Å². The van der Waals surface area contributed by atoms with Gasteiger partial charge in [-0.05, 0) is 26.0 Å². The second kappa shape index (κ2) is 7.94. The molecule has 1 aromatic rings. The van der Waals surface area contributed by atoms with Crippen molar-refractivity contribution in [3.8, 4) is 11.5 Å². The van der Waals surface area contributed by atoms with Gasteiger partial charge in [-0.25, -0.2) is 0 Å². The van der Waals surface area contributed by atoms with Crippen LogP contribution in [0.3, 0.4) is 0 Å². The molecule has 27 heavy (non-hydrogen) atoms. The Morgan fingerprint density at radius 1 is 0.963 bits per heavy atom. The van der Waals surface area contributed by atoms with Crippen LogP contribution in [0.25, 0.3) is 0 Å². The van der Waals surface area contributed by atoms with Gasteiger partial charge in [-0.15, -0.1) is 0 Å². The van der Waals surface area contributed by atoms with Gasteiger partial charge < -0.3 is 19.3 Å². The van der Waals surface area contributed by atoms with Crippen LogP contribution in [-0.2, 0) is 4.79 Å². The maximum atomic E-state index is 12.6. The Morgan fingerprint density at radius 2 is 1.67 bits per heavy atom. The second-order valence-corrected chi connectivity index (χ2v) is 7.81. The van der Waals surface area contributed by atoms with Gasteiger partial charge >= 0.3 is 0 Å². The maximum absolute atomic E-state index is 12.6. The lowest BCUT2D eigenvalue weighted by Crippen LogP contribution is -2.54. The van der Waals surface area contributed by atoms with Gasteiger partial charge in [0.15, 0.2) is 11.5 Å². The van der Waals surface area contributed by atoms with Crippen molar-refractivity contribution in [3.63, 3.8) is 0 Å². The van der Waals surface area contributed by atoms with E-state index in [2.05, 4.69) is 40.7 Å². The van der Waals surface area contributed by atoms with Gasteiger partial charge in [0, 0.05) is 70.2 Å². The summed E-state index contributed by atoms with van der Waals surface area (Å²) in [5.41, 5.74) is 1.16. The molecule has 0 aromatic heterocycles. The smallest absolute Gasteiger partial charge is 0.236 e. The number of carbonyl (C=O) groups is 1. The van der Waals surface area contributed by atoms with E-state index in [1.165, 1.54) is 0 Å². The first-order valence-corrected chi connectivity index (χ1v) is 9.99. The zero-order chi connectivity index (χ0) is 18.8. The molecule has 2 saturated heterocycles. The molecular weight excluding hydrogens is 344 g/mol. The normalized spacial score (nSPS) is 21.1. The third-order valence-electron chi connectivity index (χ3n) is 5.85. The average molecular weight is 374 g/mol. The number of piperazine rings is 2. The first-order chi connectivity index (χ1) is 13.1. The summed E-state index contributed by atoms with van der Waals surface area (Å²) in [6, 6.07) is 6.68. The molecular formula is C20H30N4O3. The van der Waals surface area contributed by atoms with Crippen molar-refractivity contribution >= 4 is 11.6 Å². The van der Waals surface area contributed by atoms with Crippen molar-refractivity contribution in [1.82, 2.24) is 14.7 Å². The van der Waals surface area contributed by atoms with E-state index in [1.54, 1.807) is 0 Å². The summed E-state index contributed by atoms with van der Waals surface area (Å²) in [5, 5.41) is 0. The van der Waals surface area contributed by atoms with Gasteiger partial charge in [-0.1, -0.05) is 0 Å². The number of rotatable bonds is 4. The number of hydrogen-bond donors (Lipinski definition) is 0. The van der Waals surface area contributed by atoms with Gasteiger partial charge in [-0.3, -0.25) is 14.6 Å². The molecule has 0 bridgehead atoms. The number of hydrogen-bond acceptors (Lipinski definition) is 6. The highest BCUT2D eigenvalue weighted by Crippen LogP contribution is 2.35. The molecule has 7 nitrogen and oxygen atoms in total. The highest BCUT2D eigenvalue weighted by Gasteiger charge is 2.26. The molecule has 4 rings (SSSR count). The van der Waals surface area contributed by atoms with Crippen molar-refractivity contribution in [2.75, 3.05) is 70.6 Å². The Hall–Kier alpha value is -1.99. The molecule has 0 aliphatic carbocycles. The lowest BCUT2D eigenvalue weighted by atomic mass is 10.2. The monoisotopic (exact) mass is 374 g/mol. The van der Waals surface area contributed by atoms with Crippen LogP contribution in [0.2, 0.25) is 0 Å². The Kier molecular flexibility index (Phi) is 5.41. The summed E-state index contributed by atoms with van der Waals surface area (Å²) in [6.45, 7) is 12.6. The van der Waals surface area contributed by atoms with E-state index in [0.717, 1.165) is 69.5 Å². The minimum atomic E-state index is 0.273. The molecule has 0 saturated carbocycles. The third-order valence-corrected chi connectivity index (χ3v) is 5.85. The molecule has 1 aromatic carbocycles. The molecule has 3 aliphatic rings. The van der Waals surface area contributed by atoms with E-state index in [4.69, 9.17) is 9.47 Å². The van der Waals surface area contributed by atoms with Crippen LogP contribution >= 0.6 is 0 Å². The zero-order valence-corrected chi connectivity index (χ0v) is 16.4. The van der Waals surface area contributed by atoms with E-state index in [0.29, 0.717) is 19.4 Å². The Bertz CT molecular complexity index is 665. The van der Waals surface area contributed by atoms with Crippen LogP contribution in [0.1, 0.15) is 13.8 Å². The first kappa shape index (κ1) is 18.4. The third kappa shape index (κ3) is 4.14. The molecule has 0 spiro atoms. The molecule has 3 heterocycles. The number of fused-ring (bicyclic) bond motifs is 1. The fraction of sp³-hybridized carbons (Fsp3) is 0.650. The number of anilines is 1. The minimum absolute atomic E-state index is 0.273. The lowest BCUT2D eigenvalue weighted by molar-refractivity contribution is -0.134. The summed E-state index contributed by atoms with van der Waals surface area (Å²) in [6.07, 6.45) is 0. The standard InChI is InChI=1S/C20H30N4O3/c1-16(2)22-9-11-24(12-10-22)20(25)14-21-5-7-23(8-6-21)17-3-4-18-19(13-17)27-15-26-18/h3-4,13,16H,5-12,14-15H2,1-2H3. The number of carbonyl (C=O) groups excluding carboxylic acids is 1. The van der Waals surface area contributed by atoms with Crippen molar-refractivity contribution in [2.24, 2.45) is 0 Å². The number of nitrogens with zero attached hydrogens (tertiary/aromatic N) is 4. The molecule has 0 atom stereocenters.